The number of aromatic nitrogens is 1. The third kappa shape index (κ3) is 4.22. The van der Waals surface area contributed by atoms with Crippen molar-refractivity contribution in [2.24, 2.45) is 0 Å². The highest BCUT2D eigenvalue weighted by Gasteiger charge is 2.20. The molecule has 0 aliphatic rings. The average molecular weight is 319 g/mol. The van der Waals surface area contributed by atoms with E-state index in [2.05, 4.69) is 10.3 Å². The Labute approximate surface area is 131 Å². The Kier molecular flexibility index (Phi) is 5.19. The van der Waals surface area contributed by atoms with Crippen LogP contribution in [0.15, 0.2) is 36.5 Å². The first-order valence-corrected chi connectivity index (χ1v) is 6.81. The molecule has 8 heteroatoms. The zero-order chi connectivity index (χ0) is 16.8. The summed E-state index contributed by atoms with van der Waals surface area (Å²) in [6.07, 6.45) is 1.53. The van der Waals surface area contributed by atoms with Gasteiger partial charge in [-0.1, -0.05) is 0 Å². The van der Waals surface area contributed by atoms with Gasteiger partial charge in [-0.3, -0.25) is 14.9 Å². The number of nitro groups is 1. The topological polar surface area (TPSA) is 94.4 Å². The van der Waals surface area contributed by atoms with Gasteiger partial charge in [0.2, 0.25) is 5.88 Å². The smallest absolute Gasteiger partial charge is 0.285 e. The van der Waals surface area contributed by atoms with Crippen LogP contribution in [-0.2, 0) is 6.54 Å². The molecule has 0 spiro atoms. The second kappa shape index (κ2) is 7.30. The van der Waals surface area contributed by atoms with E-state index in [0.29, 0.717) is 18.6 Å². The highest BCUT2D eigenvalue weighted by molar-refractivity contribution is 5.98. The molecule has 0 fully saturated rings. The molecular formula is C15H14FN3O4. The number of halogens is 1. The Bertz CT molecular complexity index is 736. The van der Waals surface area contributed by atoms with Crippen LogP contribution in [0.5, 0.6) is 5.88 Å². The van der Waals surface area contributed by atoms with Crippen molar-refractivity contribution in [3.8, 4) is 5.88 Å². The van der Waals surface area contributed by atoms with Gasteiger partial charge in [-0.15, -0.1) is 0 Å². The molecule has 0 radical (unpaired) electrons. The van der Waals surface area contributed by atoms with E-state index in [0.717, 1.165) is 17.7 Å². The summed E-state index contributed by atoms with van der Waals surface area (Å²) >= 11 is 0. The highest BCUT2D eigenvalue weighted by Crippen LogP contribution is 2.20. The first-order chi connectivity index (χ1) is 11.0. The molecule has 0 bridgehead atoms. The minimum Gasteiger partial charge on any atom is -0.478 e. The number of nitrogens with zero attached hydrogens (tertiary/aromatic N) is 2. The molecule has 23 heavy (non-hydrogen) atoms. The number of hydrogen-bond acceptors (Lipinski definition) is 5. The summed E-state index contributed by atoms with van der Waals surface area (Å²) in [5, 5.41) is 13.5. The Hall–Kier alpha value is -3.03. The molecule has 1 heterocycles. The van der Waals surface area contributed by atoms with E-state index in [1.165, 1.54) is 6.20 Å². The molecule has 0 aliphatic carbocycles. The lowest BCUT2D eigenvalue weighted by molar-refractivity contribution is -0.385. The minimum atomic E-state index is -0.794. The lowest BCUT2D eigenvalue weighted by atomic mass is 10.1. The first kappa shape index (κ1) is 16.3. The van der Waals surface area contributed by atoms with Crippen molar-refractivity contribution in [3.63, 3.8) is 0 Å². The van der Waals surface area contributed by atoms with Gasteiger partial charge in [0.1, 0.15) is 11.4 Å². The summed E-state index contributed by atoms with van der Waals surface area (Å²) < 4.78 is 18.3. The maximum atomic E-state index is 13.1. The Morgan fingerprint density at radius 2 is 2.17 bits per heavy atom. The summed E-state index contributed by atoms with van der Waals surface area (Å²) in [6.45, 7) is 2.42. The van der Waals surface area contributed by atoms with Crippen LogP contribution in [0.4, 0.5) is 10.1 Å². The van der Waals surface area contributed by atoms with Crippen molar-refractivity contribution in [3.05, 3.63) is 63.6 Å². The van der Waals surface area contributed by atoms with Crippen LogP contribution in [0.3, 0.4) is 0 Å². The molecule has 7 nitrogen and oxygen atoms in total. The van der Waals surface area contributed by atoms with E-state index in [9.17, 15) is 19.3 Å². The average Bonchev–Trinajstić information content (AvgIpc) is 2.53. The molecule has 1 amide bonds. The first-order valence-electron chi connectivity index (χ1n) is 6.81. The molecule has 2 aromatic rings. The number of carbonyl (C=O) groups is 1. The molecular weight excluding hydrogens is 305 g/mol. The van der Waals surface area contributed by atoms with Gasteiger partial charge in [0.15, 0.2) is 0 Å². The fourth-order valence-electron chi connectivity index (χ4n) is 1.91. The maximum Gasteiger partial charge on any atom is 0.285 e. The van der Waals surface area contributed by atoms with Gasteiger partial charge in [-0.2, -0.15) is 0 Å². The summed E-state index contributed by atoms with van der Waals surface area (Å²) in [7, 11) is 0. The number of amides is 1. The number of benzene rings is 1. The predicted octanol–water partition coefficient (Wildman–Crippen LogP) is 2.46. The van der Waals surface area contributed by atoms with Crippen LogP contribution in [-0.4, -0.2) is 22.4 Å². The highest BCUT2D eigenvalue weighted by atomic mass is 19.1. The molecule has 2 rings (SSSR count). The van der Waals surface area contributed by atoms with Crippen LogP contribution in [0.1, 0.15) is 22.8 Å². The van der Waals surface area contributed by atoms with Gasteiger partial charge >= 0.3 is 0 Å². The molecule has 1 N–H and O–H groups in total. The van der Waals surface area contributed by atoms with Crippen molar-refractivity contribution in [1.82, 2.24) is 10.3 Å². The van der Waals surface area contributed by atoms with Crippen LogP contribution in [0, 0.1) is 15.9 Å². The van der Waals surface area contributed by atoms with Gasteiger partial charge in [-0.25, -0.2) is 9.37 Å². The lowest BCUT2D eigenvalue weighted by Gasteiger charge is -2.07. The van der Waals surface area contributed by atoms with Crippen LogP contribution in [0.25, 0.3) is 0 Å². The Morgan fingerprint density at radius 3 is 2.87 bits per heavy atom. The number of ether oxygens (including phenoxy) is 1. The standard InChI is InChI=1S/C15H14FN3O4/c1-2-23-14-7-10(5-6-17-14)9-18-15(20)12-4-3-11(16)8-13(12)19(21)22/h3-8H,2,9H2,1H3,(H,18,20). The van der Waals surface area contributed by atoms with Crippen molar-refractivity contribution < 1.29 is 18.8 Å². The Morgan fingerprint density at radius 1 is 1.39 bits per heavy atom. The zero-order valence-corrected chi connectivity index (χ0v) is 12.3. The normalized spacial score (nSPS) is 10.2. The van der Waals surface area contributed by atoms with E-state index >= 15 is 0 Å². The fraction of sp³-hybridized carbons (Fsp3) is 0.200. The third-order valence-electron chi connectivity index (χ3n) is 2.95. The van der Waals surface area contributed by atoms with Crippen molar-refractivity contribution in [2.75, 3.05) is 6.61 Å². The summed E-state index contributed by atoms with van der Waals surface area (Å²) in [4.78, 5) is 26.2. The number of pyridine rings is 1. The van der Waals surface area contributed by atoms with Crippen LogP contribution in [0.2, 0.25) is 0 Å². The Balaban J connectivity index is 2.11. The molecule has 0 aliphatic heterocycles. The molecule has 0 saturated heterocycles. The number of nitrogens with one attached hydrogen (secondary N) is 1. The van der Waals surface area contributed by atoms with Crippen molar-refractivity contribution in [1.29, 1.82) is 0 Å². The molecule has 1 aromatic heterocycles. The van der Waals surface area contributed by atoms with Crippen LogP contribution >= 0.6 is 0 Å². The van der Waals surface area contributed by atoms with E-state index in [-0.39, 0.29) is 12.1 Å². The molecule has 0 saturated carbocycles. The van der Waals surface area contributed by atoms with E-state index in [1.54, 1.807) is 12.1 Å². The van der Waals surface area contributed by atoms with E-state index in [1.807, 2.05) is 6.92 Å². The minimum absolute atomic E-state index is 0.135. The second-order valence-electron chi connectivity index (χ2n) is 4.54. The lowest BCUT2D eigenvalue weighted by Crippen LogP contribution is -2.23. The summed E-state index contributed by atoms with van der Waals surface area (Å²) in [5.74, 6) is -1.01. The molecule has 1 aromatic carbocycles. The largest absolute Gasteiger partial charge is 0.478 e. The zero-order valence-electron chi connectivity index (χ0n) is 12.3. The monoisotopic (exact) mass is 319 g/mol. The van der Waals surface area contributed by atoms with Gasteiger partial charge in [0.05, 0.1) is 17.6 Å². The van der Waals surface area contributed by atoms with Gasteiger partial charge in [0.25, 0.3) is 11.6 Å². The van der Waals surface area contributed by atoms with Gasteiger partial charge in [-0.05, 0) is 30.7 Å². The maximum absolute atomic E-state index is 13.1. The predicted molar refractivity (Wildman–Crippen MR) is 79.6 cm³/mol. The number of rotatable bonds is 6. The SMILES string of the molecule is CCOc1cc(CNC(=O)c2ccc(F)cc2[N+](=O)[O-])ccn1. The third-order valence-corrected chi connectivity index (χ3v) is 2.95. The molecule has 120 valence electrons. The number of hydrogen-bond donors (Lipinski definition) is 1. The van der Waals surface area contributed by atoms with E-state index in [4.69, 9.17) is 4.74 Å². The van der Waals surface area contributed by atoms with Gasteiger partial charge < -0.3 is 10.1 Å². The fourth-order valence-corrected chi connectivity index (χ4v) is 1.91. The quantitative estimate of drug-likeness (QED) is 0.652. The second-order valence-corrected chi connectivity index (χ2v) is 4.54. The summed E-state index contributed by atoms with van der Waals surface area (Å²) in [5.41, 5.74) is -0.0516. The van der Waals surface area contributed by atoms with Crippen molar-refractivity contribution >= 4 is 11.6 Å². The van der Waals surface area contributed by atoms with E-state index < -0.39 is 22.3 Å². The molecule has 0 atom stereocenters. The van der Waals surface area contributed by atoms with Crippen LogP contribution < -0.4 is 10.1 Å². The van der Waals surface area contributed by atoms with Crippen molar-refractivity contribution in [2.45, 2.75) is 13.5 Å². The van der Waals surface area contributed by atoms with Gasteiger partial charge in [0, 0.05) is 18.8 Å². The molecule has 0 unspecified atom stereocenters. The summed E-state index contributed by atoms with van der Waals surface area (Å²) in [6, 6.07) is 6.14. The number of carbonyl (C=O) groups excluding carboxylic acids is 1. The number of nitro benzene ring substituents is 1.